The molecule has 1 aromatic heterocycles. The van der Waals surface area contributed by atoms with Crippen LogP contribution >= 0.6 is 0 Å². The van der Waals surface area contributed by atoms with Gasteiger partial charge in [0.15, 0.2) is 5.82 Å². The van der Waals surface area contributed by atoms with Gasteiger partial charge in [0.05, 0.1) is 6.54 Å². The summed E-state index contributed by atoms with van der Waals surface area (Å²) in [5.41, 5.74) is 0. The molecule has 114 valence electrons. The van der Waals surface area contributed by atoms with Crippen LogP contribution in [0.1, 0.15) is 51.7 Å². The summed E-state index contributed by atoms with van der Waals surface area (Å²) in [7, 11) is 0. The molecule has 2 heterocycles. The fraction of sp³-hybridized carbons (Fsp3) is 0.867. The van der Waals surface area contributed by atoms with Gasteiger partial charge in [-0.15, -0.1) is 0 Å². The van der Waals surface area contributed by atoms with Gasteiger partial charge < -0.3 is 9.84 Å². The van der Waals surface area contributed by atoms with E-state index in [4.69, 9.17) is 4.52 Å². The molecule has 5 nitrogen and oxygen atoms in total. The Labute approximate surface area is 122 Å². The average molecular weight is 280 g/mol. The number of piperidine rings is 1. The maximum Gasteiger partial charge on any atom is 0.240 e. The van der Waals surface area contributed by atoms with Crippen LogP contribution in [-0.2, 0) is 13.0 Å². The van der Waals surface area contributed by atoms with Gasteiger partial charge >= 0.3 is 0 Å². The third-order valence-electron chi connectivity index (χ3n) is 3.74. The quantitative estimate of drug-likeness (QED) is 0.830. The Bertz CT molecular complexity index is 385. The van der Waals surface area contributed by atoms with Crippen LogP contribution in [0.2, 0.25) is 0 Å². The van der Waals surface area contributed by atoms with Crippen LogP contribution in [-0.4, -0.2) is 40.7 Å². The zero-order valence-electron chi connectivity index (χ0n) is 13.1. The molecule has 0 aromatic carbocycles. The first-order valence-electron chi connectivity index (χ1n) is 7.95. The van der Waals surface area contributed by atoms with E-state index < -0.39 is 0 Å². The molecule has 0 saturated carbocycles. The molecular formula is C15H28N4O. The molecule has 5 heteroatoms. The second kappa shape index (κ2) is 7.74. The average Bonchev–Trinajstić information content (AvgIpc) is 2.86. The minimum absolute atomic E-state index is 0.565. The minimum Gasteiger partial charge on any atom is -0.338 e. The van der Waals surface area contributed by atoms with Crippen molar-refractivity contribution in [2.75, 3.05) is 19.6 Å². The zero-order valence-corrected chi connectivity index (χ0v) is 13.1. The second-order valence-electron chi connectivity index (χ2n) is 6.17. The van der Waals surface area contributed by atoms with Crippen LogP contribution in [0, 0.1) is 5.92 Å². The zero-order chi connectivity index (χ0) is 14.4. The maximum atomic E-state index is 5.41. The number of aromatic nitrogens is 2. The first-order valence-corrected chi connectivity index (χ1v) is 7.95. The molecule has 1 aliphatic heterocycles. The van der Waals surface area contributed by atoms with Gasteiger partial charge in [-0.3, -0.25) is 4.90 Å². The highest BCUT2D eigenvalue weighted by Crippen LogP contribution is 2.15. The Morgan fingerprint density at radius 2 is 2.30 bits per heavy atom. The van der Waals surface area contributed by atoms with E-state index in [1.165, 1.54) is 12.8 Å². The maximum absolute atomic E-state index is 5.41. The first kappa shape index (κ1) is 15.4. The SMILES string of the molecule is CCCN(Cc1nc(CC(C)C)no1)C1CCCNC1. The summed E-state index contributed by atoms with van der Waals surface area (Å²) in [5, 5.41) is 7.57. The fourth-order valence-corrected chi connectivity index (χ4v) is 2.80. The van der Waals surface area contributed by atoms with Crippen molar-refractivity contribution in [3.8, 4) is 0 Å². The lowest BCUT2D eigenvalue weighted by Crippen LogP contribution is -2.45. The number of hydrogen-bond acceptors (Lipinski definition) is 5. The second-order valence-corrected chi connectivity index (χ2v) is 6.17. The molecular weight excluding hydrogens is 252 g/mol. The van der Waals surface area contributed by atoms with Crippen molar-refractivity contribution in [1.29, 1.82) is 0 Å². The number of nitrogens with one attached hydrogen (secondary N) is 1. The summed E-state index contributed by atoms with van der Waals surface area (Å²) in [6.07, 6.45) is 4.57. The summed E-state index contributed by atoms with van der Waals surface area (Å²) in [6, 6.07) is 0.601. The van der Waals surface area contributed by atoms with Crippen LogP contribution in [0.5, 0.6) is 0 Å². The van der Waals surface area contributed by atoms with Crippen LogP contribution in [0.25, 0.3) is 0 Å². The Morgan fingerprint density at radius 1 is 1.45 bits per heavy atom. The molecule has 1 atom stereocenters. The van der Waals surface area contributed by atoms with Crippen molar-refractivity contribution in [2.45, 2.75) is 59.0 Å². The van der Waals surface area contributed by atoms with Gasteiger partial charge in [-0.05, 0) is 38.3 Å². The minimum atomic E-state index is 0.565. The van der Waals surface area contributed by atoms with E-state index in [0.717, 1.165) is 50.7 Å². The van der Waals surface area contributed by atoms with E-state index in [-0.39, 0.29) is 0 Å². The van der Waals surface area contributed by atoms with E-state index in [2.05, 4.69) is 41.1 Å². The molecule has 2 rings (SSSR count). The van der Waals surface area contributed by atoms with Gasteiger partial charge in [-0.2, -0.15) is 4.98 Å². The van der Waals surface area contributed by atoms with E-state index in [0.29, 0.717) is 12.0 Å². The third kappa shape index (κ3) is 4.56. The highest BCUT2D eigenvalue weighted by molar-refractivity contribution is 4.89. The van der Waals surface area contributed by atoms with Crippen LogP contribution < -0.4 is 5.32 Å². The van der Waals surface area contributed by atoms with E-state index >= 15 is 0 Å². The molecule has 0 bridgehead atoms. The lowest BCUT2D eigenvalue weighted by atomic mass is 10.1. The smallest absolute Gasteiger partial charge is 0.240 e. The van der Waals surface area contributed by atoms with Gasteiger partial charge in [-0.1, -0.05) is 25.9 Å². The highest BCUT2D eigenvalue weighted by atomic mass is 16.5. The Kier molecular flexibility index (Phi) is 5.98. The van der Waals surface area contributed by atoms with Crippen molar-refractivity contribution >= 4 is 0 Å². The van der Waals surface area contributed by atoms with Gasteiger partial charge in [0.25, 0.3) is 0 Å². The molecule has 0 aliphatic carbocycles. The summed E-state index contributed by atoms with van der Waals surface area (Å²) < 4.78 is 5.41. The number of nitrogens with zero attached hydrogens (tertiary/aromatic N) is 3. The molecule has 1 fully saturated rings. The van der Waals surface area contributed by atoms with Crippen molar-refractivity contribution in [3.63, 3.8) is 0 Å². The molecule has 1 N–H and O–H groups in total. The summed E-state index contributed by atoms with van der Waals surface area (Å²) in [5.74, 6) is 2.17. The molecule has 0 spiro atoms. The van der Waals surface area contributed by atoms with Crippen molar-refractivity contribution in [2.24, 2.45) is 5.92 Å². The van der Waals surface area contributed by atoms with Crippen LogP contribution in [0.3, 0.4) is 0 Å². The normalized spacial score (nSPS) is 19.9. The number of hydrogen-bond donors (Lipinski definition) is 1. The predicted molar refractivity (Wildman–Crippen MR) is 79.4 cm³/mol. The Hall–Kier alpha value is -0.940. The van der Waals surface area contributed by atoms with Crippen LogP contribution in [0.4, 0.5) is 0 Å². The largest absolute Gasteiger partial charge is 0.338 e. The van der Waals surface area contributed by atoms with Gasteiger partial charge in [-0.25, -0.2) is 0 Å². The Morgan fingerprint density at radius 3 is 2.95 bits per heavy atom. The highest BCUT2D eigenvalue weighted by Gasteiger charge is 2.22. The molecule has 1 saturated heterocycles. The van der Waals surface area contributed by atoms with E-state index in [9.17, 15) is 0 Å². The predicted octanol–water partition coefficient (Wildman–Crippen LogP) is 2.23. The standard InChI is InChI=1S/C15H28N4O/c1-4-8-19(13-6-5-7-16-10-13)11-15-17-14(18-20-15)9-12(2)3/h12-13,16H,4-11H2,1-3H3. The van der Waals surface area contributed by atoms with E-state index in [1.54, 1.807) is 0 Å². The molecule has 0 radical (unpaired) electrons. The first-order chi connectivity index (χ1) is 9.69. The van der Waals surface area contributed by atoms with Crippen molar-refractivity contribution in [3.05, 3.63) is 11.7 Å². The van der Waals surface area contributed by atoms with Gasteiger partial charge in [0.2, 0.25) is 5.89 Å². The van der Waals surface area contributed by atoms with Crippen molar-refractivity contribution in [1.82, 2.24) is 20.4 Å². The number of rotatable bonds is 7. The van der Waals surface area contributed by atoms with E-state index in [1.807, 2.05) is 0 Å². The summed E-state index contributed by atoms with van der Waals surface area (Å²) in [4.78, 5) is 7.01. The third-order valence-corrected chi connectivity index (χ3v) is 3.74. The Balaban J connectivity index is 1.94. The van der Waals surface area contributed by atoms with Gasteiger partial charge in [0.1, 0.15) is 0 Å². The van der Waals surface area contributed by atoms with Crippen molar-refractivity contribution < 1.29 is 4.52 Å². The van der Waals surface area contributed by atoms with Crippen LogP contribution in [0.15, 0.2) is 4.52 Å². The molecule has 1 aliphatic rings. The summed E-state index contributed by atoms with van der Waals surface area (Å²) in [6.45, 7) is 10.7. The molecule has 0 amide bonds. The lowest BCUT2D eigenvalue weighted by Gasteiger charge is -2.33. The topological polar surface area (TPSA) is 54.2 Å². The van der Waals surface area contributed by atoms with Gasteiger partial charge in [0, 0.05) is 19.0 Å². The molecule has 1 aromatic rings. The molecule has 1 unspecified atom stereocenters. The monoisotopic (exact) mass is 280 g/mol. The summed E-state index contributed by atoms with van der Waals surface area (Å²) >= 11 is 0. The fourth-order valence-electron chi connectivity index (χ4n) is 2.80. The molecule has 20 heavy (non-hydrogen) atoms. The lowest BCUT2D eigenvalue weighted by molar-refractivity contribution is 0.140.